The van der Waals surface area contributed by atoms with Crippen LogP contribution in [0.3, 0.4) is 0 Å². The van der Waals surface area contributed by atoms with Crippen molar-refractivity contribution in [3.05, 3.63) is 70.8 Å². The molecule has 2 aromatic carbocycles. The fraction of sp³-hybridized carbons (Fsp3) is 0.208. The first-order valence-electron chi connectivity index (χ1n) is 10.9. The first-order valence-corrected chi connectivity index (χ1v) is 12.1. The van der Waals surface area contributed by atoms with Gasteiger partial charge < -0.3 is 9.67 Å². The van der Waals surface area contributed by atoms with Gasteiger partial charge in [0, 0.05) is 33.7 Å². The number of thiophene rings is 1. The van der Waals surface area contributed by atoms with Gasteiger partial charge >= 0.3 is 5.97 Å². The molecule has 5 aromatic rings. The number of carboxylic acids is 1. The number of hydrogen-bond acceptors (Lipinski definition) is 6. The number of hydrogen-bond donors (Lipinski definition) is 2. The van der Waals surface area contributed by atoms with Crippen LogP contribution in [0.25, 0.3) is 31.9 Å². The average molecular weight is 493 g/mol. The smallest absolute Gasteiger partial charge is 0.355 e. The van der Waals surface area contributed by atoms with Crippen molar-refractivity contribution in [3.8, 4) is 21.8 Å². The molecule has 0 atom stereocenters. The number of benzene rings is 2. The first-order chi connectivity index (χ1) is 16.5. The van der Waals surface area contributed by atoms with E-state index in [9.17, 15) is 9.90 Å². The van der Waals surface area contributed by atoms with E-state index in [1.165, 1.54) is 0 Å². The Morgan fingerprint density at radius 2 is 2.00 bits per heavy atom. The topological polar surface area (TPSA) is 110 Å². The molecule has 0 spiro atoms. The molecule has 0 fully saturated rings. The summed E-state index contributed by atoms with van der Waals surface area (Å²) in [5, 5.41) is 25.3. The number of unbranched alkanes of at least 4 members (excludes halogenated alkanes) is 1. The van der Waals surface area contributed by atoms with Crippen LogP contribution in [0.15, 0.2) is 48.5 Å². The molecule has 0 aliphatic carbocycles. The fourth-order valence-electron chi connectivity index (χ4n) is 4.04. The van der Waals surface area contributed by atoms with Crippen molar-refractivity contribution < 1.29 is 9.90 Å². The second-order valence-electron chi connectivity index (χ2n) is 7.93. The number of carboxylic acid groups (broad SMARTS) is 1. The van der Waals surface area contributed by atoms with Gasteiger partial charge in [0.15, 0.2) is 10.8 Å². The van der Waals surface area contributed by atoms with Crippen molar-refractivity contribution in [3.63, 3.8) is 0 Å². The van der Waals surface area contributed by atoms with Gasteiger partial charge in [-0.05, 0) is 40.8 Å². The third-order valence-corrected chi connectivity index (χ3v) is 7.07. The molecule has 0 unspecified atom stereocenters. The van der Waals surface area contributed by atoms with Gasteiger partial charge in [0.1, 0.15) is 5.82 Å². The van der Waals surface area contributed by atoms with Gasteiger partial charge in [-0.2, -0.15) is 5.21 Å². The lowest BCUT2D eigenvalue weighted by molar-refractivity contribution is 0.0685. The van der Waals surface area contributed by atoms with Gasteiger partial charge in [0.05, 0.1) is 0 Å². The van der Waals surface area contributed by atoms with E-state index in [2.05, 4.69) is 50.7 Å². The van der Waals surface area contributed by atoms with E-state index >= 15 is 0 Å². The van der Waals surface area contributed by atoms with Crippen molar-refractivity contribution in [2.75, 3.05) is 0 Å². The number of carbonyl (C=O) groups is 1. The lowest BCUT2D eigenvalue weighted by Crippen LogP contribution is -2.13. The van der Waals surface area contributed by atoms with Crippen LogP contribution in [0, 0.1) is 0 Å². The Balaban J connectivity index is 1.52. The van der Waals surface area contributed by atoms with Crippen LogP contribution in [0.5, 0.6) is 0 Å². The molecule has 0 aliphatic rings. The second-order valence-corrected chi connectivity index (χ2v) is 9.37. The zero-order valence-electron chi connectivity index (χ0n) is 18.3. The Morgan fingerprint density at radius 1 is 1.18 bits per heavy atom. The number of aromatic amines is 1. The highest BCUT2D eigenvalue weighted by Gasteiger charge is 2.21. The predicted molar refractivity (Wildman–Crippen MR) is 132 cm³/mol. The van der Waals surface area contributed by atoms with Crippen LogP contribution in [0.2, 0.25) is 5.15 Å². The number of aromatic nitrogens is 6. The molecular weight excluding hydrogens is 472 g/mol. The number of tetrazole rings is 1. The summed E-state index contributed by atoms with van der Waals surface area (Å²) in [4.78, 5) is 17.3. The van der Waals surface area contributed by atoms with Crippen molar-refractivity contribution in [1.29, 1.82) is 0 Å². The third kappa shape index (κ3) is 4.20. The molecule has 10 heteroatoms. The van der Waals surface area contributed by atoms with Gasteiger partial charge in [0.2, 0.25) is 5.82 Å². The SMILES string of the molecule is CCCCc1nc(Cl)c(C(=O)O)n1Cc1ccc2sc(-c3ccccc3-c3nn[nH]n3)cc2c1. The van der Waals surface area contributed by atoms with E-state index in [0.29, 0.717) is 24.6 Å². The normalized spacial score (nSPS) is 11.4. The monoisotopic (exact) mass is 492 g/mol. The van der Waals surface area contributed by atoms with E-state index < -0.39 is 5.97 Å². The maximum atomic E-state index is 11.9. The van der Waals surface area contributed by atoms with E-state index in [4.69, 9.17) is 11.6 Å². The number of rotatable bonds is 8. The molecule has 0 amide bonds. The Labute approximate surface area is 204 Å². The highest BCUT2D eigenvalue weighted by atomic mass is 35.5. The number of H-pyrrole nitrogens is 1. The van der Waals surface area contributed by atoms with Gasteiger partial charge in [-0.15, -0.1) is 21.5 Å². The summed E-state index contributed by atoms with van der Waals surface area (Å²) in [5.74, 6) is 0.174. The van der Waals surface area contributed by atoms with E-state index in [-0.39, 0.29) is 10.8 Å². The molecule has 3 aromatic heterocycles. The van der Waals surface area contributed by atoms with E-state index in [0.717, 1.165) is 44.5 Å². The molecule has 172 valence electrons. The van der Waals surface area contributed by atoms with Crippen molar-refractivity contribution in [1.82, 2.24) is 30.2 Å². The summed E-state index contributed by atoms with van der Waals surface area (Å²) >= 11 is 7.87. The maximum absolute atomic E-state index is 11.9. The van der Waals surface area contributed by atoms with E-state index in [1.54, 1.807) is 15.9 Å². The quantitative estimate of drug-likeness (QED) is 0.288. The number of nitrogens with one attached hydrogen (secondary N) is 1. The second kappa shape index (κ2) is 9.36. The average Bonchev–Trinajstić information content (AvgIpc) is 3.56. The molecule has 5 rings (SSSR count). The molecule has 2 N–H and O–H groups in total. The van der Waals surface area contributed by atoms with Gasteiger partial charge in [0.25, 0.3) is 0 Å². The fourth-order valence-corrected chi connectivity index (χ4v) is 5.41. The Morgan fingerprint density at radius 3 is 2.74 bits per heavy atom. The predicted octanol–water partition coefficient (Wildman–Crippen LogP) is 5.69. The standard InChI is InChI=1S/C24H21ClN6O2S/c1-2-3-8-20-26-22(25)21(24(32)33)31(20)13-14-9-10-18-15(11-14)12-19(34-18)16-6-4-5-7-17(16)23-27-29-30-28-23/h4-7,9-12H,2-3,8,13H2,1H3,(H,32,33)(H,27,28,29,30). The summed E-state index contributed by atoms with van der Waals surface area (Å²) < 4.78 is 2.86. The number of nitrogens with zero attached hydrogens (tertiary/aromatic N) is 5. The number of fused-ring (bicyclic) bond motifs is 1. The van der Waals surface area contributed by atoms with Gasteiger partial charge in [-0.1, -0.05) is 55.3 Å². The van der Waals surface area contributed by atoms with Crippen LogP contribution in [0.4, 0.5) is 0 Å². The van der Waals surface area contributed by atoms with Crippen molar-refractivity contribution in [2.45, 2.75) is 32.7 Å². The van der Waals surface area contributed by atoms with Crippen LogP contribution >= 0.6 is 22.9 Å². The largest absolute Gasteiger partial charge is 0.476 e. The van der Waals surface area contributed by atoms with E-state index in [1.807, 2.05) is 30.3 Å². The zero-order valence-corrected chi connectivity index (χ0v) is 19.9. The molecule has 3 heterocycles. The summed E-state index contributed by atoms with van der Waals surface area (Å²) in [7, 11) is 0. The highest BCUT2D eigenvalue weighted by molar-refractivity contribution is 7.22. The Bertz CT molecular complexity index is 1470. The summed E-state index contributed by atoms with van der Waals surface area (Å²) in [6.45, 7) is 2.48. The molecular formula is C24H21ClN6O2S. The van der Waals surface area contributed by atoms with Crippen molar-refractivity contribution in [2.24, 2.45) is 0 Å². The summed E-state index contributed by atoms with van der Waals surface area (Å²) in [6.07, 6.45) is 2.59. The number of aromatic carboxylic acids is 1. The lowest BCUT2D eigenvalue weighted by atomic mass is 10.0. The van der Waals surface area contributed by atoms with Crippen molar-refractivity contribution >= 4 is 39.0 Å². The molecule has 0 bridgehead atoms. The molecule has 34 heavy (non-hydrogen) atoms. The minimum absolute atomic E-state index is 0.0351. The number of imidazole rings is 1. The van der Waals surface area contributed by atoms with Gasteiger partial charge in [-0.25, -0.2) is 9.78 Å². The van der Waals surface area contributed by atoms with Crippen LogP contribution < -0.4 is 0 Å². The summed E-state index contributed by atoms with van der Waals surface area (Å²) in [5.41, 5.74) is 2.95. The number of aryl methyl sites for hydroxylation is 1. The molecule has 0 saturated carbocycles. The van der Waals surface area contributed by atoms with Crippen LogP contribution in [0.1, 0.15) is 41.6 Å². The Kier molecular flexibility index (Phi) is 6.12. The zero-order chi connectivity index (χ0) is 23.7. The van der Waals surface area contributed by atoms with Crippen LogP contribution in [-0.4, -0.2) is 41.3 Å². The molecule has 0 aliphatic heterocycles. The summed E-state index contributed by atoms with van der Waals surface area (Å²) in [6, 6.07) is 16.3. The first kappa shape index (κ1) is 22.2. The minimum atomic E-state index is -1.07. The molecule has 8 nitrogen and oxygen atoms in total. The minimum Gasteiger partial charge on any atom is -0.476 e. The maximum Gasteiger partial charge on any atom is 0.355 e. The highest BCUT2D eigenvalue weighted by Crippen LogP contribution is 2.38. The third-order valence-electron chi connectivity index (χ3n) is 5.66. The van der Waals surface area contributed by atoms with Gasteiger partial charge in [-0.3, -0.25) is 0 Å². The molecule has 0 saturated heterocycles. The molecule has 0 radical (unpaired) electrons. The number of halogens is 1. The van der Waals surface area contributed by atoms with Crippen LogP contribution in [-0.2, 0) is 13.0 Å². The Hall–Kier alpha value is -3.56. The lowest BCUT2D eigenvalue weighted by Gasteiger charge is -2.10.